The third-order valence-corrected chi connectivity index (χ3v) is 2.52. The highest BCUT2D eigenvalue weighted by atomic mass is 35.5. The number of hydrogen-bond donors (Lipinski definition) is 2. The number of carbonyl (C=O) groups excluding carboxylic acids is 1. The molecule has 6 heteroatoms. The lowest BCUT2D eigenvalue weighted by molar-refractivity contribution is 0.192. The molecule has 0 unspecified atom stereocenters. The van der Waals surface area contributed by atoms with Crippen molar-refractivity contribution in [2.45, 2.75) is 6.92 Å². The molecule has 0 radical (unpaired) electrons. The summed E-state index contributed by atoms with van der Waals surface area (Å²) in [5.41, 5.74) is 0.342. The van der Waals surface area contributed by atoms with Gasteiger partial charge in [-0.15, -0.1) is 0 Å². The summed E-state index contributed by atoms with van der Waals surface area (Å²) in [6.07, 6.45) is 0. The number of likely N-dealkylation sites (N-methyl/N-ethyl adjacent to an activating group) is 1. The molecule has 94 valence electrons. The van der Waals surface area contributed by atoms with Crippen LogP contribution in [0.15, 0.2) is 18.2 Å². The number of nitrogens with zero attached hydrogens (tertiary/aromatic N) is 1. The Balaban J connectivity index is 2.73. The zero-order valence-corrected chi connectivity index (χ0v) is 10.2. The average molecular weight is 261 g/mol. The Bertz CT molecular complexity index is 401. The third-order valence-electron chi connectivity index (χ3n) is 2.21. The SMILES string of the molecule is CCN(CCO)C(=O)Nc1ccc(F)cc1Cl. The monoisotopic (exact) mass is 260 g/mol. The van der Waals surface area contributed by atoms with Gasteiger partial charge in [-0.2, -0.15) is 0 Å². The maximum atomic E-state index is 12.8. The highest BCUT2D eigenvalue weighted by molar-refractivity contribution is 6.33. The molecule has 17 heavy (non-hydrogen) atoms. The first-order valence-electron chi connectivity index (χ1n) is 5.20. The van der Waals surface area contributed by atoms with Crippen LogP contribution in [0.2, 0.25) is 5.02 Å². The molecule has 4 nitrogen and oxygen atoms in total. The molecule has 1 rings (SSSR count). The molecule has 0 aliphatic rings. The predicted molar refractivity (Wildman–Crippen MR) is 64.8 cm³/mol. The first-order valence-corrected chi connectivity index (χ1v) is 5.58. The molecule has 0 heterocycles. The number of urea groups is 1. The second-order valence-corrected chi connectivity index (χ2v) is 3.76. The molecular weight excluding hydrogens is 247 g/mol. The van der Waals surface area contributed by atoms with E-state index in [0.717, 1.165) is 6.07 Å². The van der Waals surface area contributed by atoms with Crippen molar-refractivity contribution in [3.63, 3.8) is 0 Å². The Hall–Kier alpha value is -1.33. The minimum Gasteiger partial charge on any atom is -0.395 e. The van der Waals surface area contributed by atoms with Gasteiger partial charge in [-0.05, 0) is 25.1 Å². The van der Waals surface area contributed by atoms with Gasteiger partial charge in [-0.1, -0.05) is 11.6 Å². The molecule has 0 saturated heterocycles. The number of aliphatic hydroxyl groups excluding tert-OH is 1. The summed E-state index contributed by atoms with van der Waals surface area (Å²) in [4.78, 5) is 13.1. The first-order chi connectivity index (χ1) is 8.08. The van der Waals surface area contributed by atoms with Crippen LogP contribution in [0.1, 0.15) is 6.92 Å². The molecule has 0 aromatic heterocycles. The lowest BCUT2D eigenvalue weighted by Gasteiger charge is -2.20. The largest absolute Gasteiger partial charge is 0.395 e. The van der Waals surface area contributed by atoms with Crippen molar-refractivity contribution in [1.29, 1.82) is 0 Å². The number of rotatable bonds is 4. The van der Waals surface area contributed by atoms with Crippen molar-refractivity contribution >= 4 is 23.3 Å². The summed E-state index contributed by atoms with van der Waals surface area (Å²) in [6, 6.07) is 3.35. The van der Waals surface area contributed by atoms with E-state index in [1.807, 2.05) is 0 Å². The van der Waals surface area contributed by atoms with Crippen molar-refractivity contribution in [2.75, 3.05) is 25.0 Å². The molecule has 1 aromatic carbocycles. The minimum absolute atomic E-state index is 0.113. The van der Waals surface area contributed by atoms with Gasteiger partial charge in [0.2, 0.25) is 0 Å². The van der Waals surface area contributed by atoms with Crippen LogP contribution in [0.4, 0.5) is 14.9 Å². The fraction of sp³-hybridized carbons (Fsp3) is 0.364. The van der Waals surface area contributed by atoms with Gasteiger partial charge >= 0.3 is 6.03 Å². The van der Waals surface area contributed by atoms with Gasteiger partial charge in [-0.3, -0.25) is 0 Å². The van der Waals surface area contributed by atoms with Crippen LogP contribution < -0.4 is 5.32 Å². The summed E-state index contributed by atoms with van der Waals surface area (Å²) in [7, 11) is 0. The van der Waals surface area contributed by atoms with Crippen LogP contribution in [0.5, 0.6) is 0 Å². The van der Waals surface area contributed by atoms with Crippen LogP contribution in [-0.2, 0) is 0 Å². The maximum absolute atomic E-state index is 12.8. The zero-order valence-electron chi connectivity index (χ0n) is 9.41. The van der Waals surface area contributed by atoms with E-state index in [0.29, 0.717) is 12.2 Å². The van der Waals surface area contributed by atoms with Crippen molar-refractivity contribution in [1.82, 2.24) is 4.90 Å². The van der Waals surface area contributed by atoms with Crippen LogP contribution in [0.25, 0.3) is 0 Å². The molecule has 0 fully saturated rings. The quantitative estimate of drug-likeness (QED) is 0.873. The fourth-order valence-corrected chi connectivity index (χ4v) is 1.52. The highest BCUT2D eigenvalue weighted by Crippen LogP contribution is 2.22. The molecule has 2 amide bonds. The molecule has 0 atom stereocenters. The Kier molecular flexibility index (Phi) is 5.18. The van der Waals surface area contributed by atoms with E-state index in [1.54, 1.807) is 6.92 Å². The smallest absolute Gasteiger partial charge is 0.321 e. The van der Waals surface area contributed by atoms with Gasteiger partial charge in [0.25, 0.3) is 0 Å². The van der Waals surface area contributed by atoms with E-state index < -0.39 is 5.82 Å². The number of halogens is 2. The lowest BCUT2D eigenvalue weighted by Crippen LogP contribution is -2.36. The number of benzene rings is 1. The van der Waals surface area contributed by atoms with E-state index >= 15 is 0 Å². The topological polar surface area (TPSA) is 52.6 Å². The number of hydrogen-bond acceptors (Lipinski definition) is 2. The maximum Gasteiger partial charge on any atom is 0.321 e. The molecule has 1 aromatic rings. The van der Waals surface area contributed by atoms with Crippen LogP contribution in [0, 0.1) is 5.82 Å². The number of carbonyl (C=O) groups is 1. The zero-order chi connectivity index (χ0) is 12.8. The van der Waals surface area contributed by atoms with Crippen molar-refractivity contribution in [3.8, 4) is 0 Å². The number of nitrogens with one attached hydrogen (secondary N) is 1. The van der Waals surface area contributed by atoms with Gasteiger partial charge < -0.3 is 15.3 Å². The summed E-state index contributed by atoms with van der Waals surface area (Å²) in [6.45, 7) is 2.38. The second kappa shape index (κ2) is 6.42. The second-order valence-electron chi connectivity index (χ2n) is 3.36. The molecule has 2 N–H and O–H groups in total. The molecule has 0 saturated carbocycles. The standard InChI is InChI=1S/C11H14ClFN2O2/c1-2-15(5-6-16)11(17)14-10-4-3-8(13)7-9(10)12/h3-4,7,16H,2,5-6H2,1H3,(H,14,17). The van der Waals surface area contributed by atoms with E-state index in [-0.39, 0.29) is 24.2 Å². The van der Waals surface area contributed by atoms with E-state index in [2.05, 4.69) is 5.32 Å². The number of aliphatic hydroxyl groups is 1. The lowest BCUT2D eigenvalue weighted by atomic mass is 10.3. The molecule has 0 aliphatic carbocycles. The van der Waals surface area contributed by atoms with Crippen molar-refractivity contribution in [3.05, 3.63) is 29.0 Å². The Labute approximate surface area is 104 Å². The highest BCUT2D eigenvalue weighted by Gasteiger charge is 2.12. The minimum atomic E-state index is -0.462. The van der Waals surface area contributed by atoms with E-state index in [9.17, 15) is 9.18 Å². The van der Waals surface area contributed by atoms with Crippen molar-refractivity contribution < 1.29 is 14.3 Å². The third kappa shape index (κ3) is 3.87. The number of anilines is 1. The van der Waals surface area contributed by atoms with Gasteiger partial charge in [0.1, 0.15) is 5.82 Å². The predicted octanol–water partition coefficient (Wildman–Crippen LogP) is 2.33. The Morgan fingerprint density at radius 3 is 2.82 bits per heavy atom. The van der Waals surface area contributed by atoms with Crippen molar-refractivity contribution in [2.24, 2.45) is 0 Å². The molecule has 0 aliphatic heterocycles. The van der Waals surface area contributed by atoms with Gasteiger partial charge in [0.05, 0.1) is 17.3 Å². The summed E-state index contributed by atoms with van der Waals surface area (Å²) >= 11 is 5.78. The normalized spacial score (nSPS) is 10.1. The summed E-state index contributed by atoms with van der Waals surface area (Å²) in [5.74, 6) is -0.462. The van der Waals surface area contributed by atoms with Gasteiger partial charge in [-0.25, -0.2) is 9.18 Å². The Morgan fingerprint density at radius 2 is 2.29 bits per heavy atom. The molecule has 0 bridgehead atoms. The van der Waals surface area contributed by atoms with E-state index in [1.165, 1.54) is 17.0 Å². The fourth-order valence-electron chi connectivity index (χ4n) is 1.31. The number of amides is 2. The average Bonchev–Trinajstić information content (AvgIpc) is 2.29. The van der Waals surface area contributed by atoms with Gasteiger partial charge in [0, 0.05) is 13.1 Å². The van der Waals surface area contributed by atoms with Gasteiger partial charge in [0.15, 0.2) is 0 Å². The first kappa shape index (κ1) is 13.7. The summed E-state index contributed by atoms with van der Waals surface area (Å²) < 4.78 is 12.8. The van der Waals surface area contributed by atoms with Crippen LogP contribution in [0.3, 0.4) is 0 Å². The molecule has 0 spiro atoms. The van der Waals surface area contributed by atoms with Crippen LogP contribution in [-0.4, -0.2) is 35.7 Å². The van der Waals surface area contributed by atoms with E-state index in [4.69, 9.17) is 16.7 Å². The molecular formula is C11H14ClFN2O2. The Morgan fingerprint density at radius 1 is 1.59 bits per heavy atom. The summed E-state index contributed by atoms with van der Waals surface area (Å²) in [5, 5.41) is 11.5. The van der Waals surface area contributed by atoms with Crippen LogP contribution >= 0.6 is 11.6 Å².